The van der Waals surface area contributed by atoms with Crippen LogP contribution in [0, 0.1) is 0 Å². The van der Waals surface area contributed by atoms with Gasteiger partial charge in [0.25, 0.3) is 0 Å². The predicted molar refractivity (Wildman–Crippen MR) is 44.4 cm³/mol. The molecule has 0 amide bonds. The van der Waals surface area contributed by atoms with Gasteiger partial charge in [-0.25, -0.2) is 0 Å². The second kappa shape index (κ2) is 5.13. The molecule has 1 atom stereocenters. The van der Waals surface area contributed by atoms with Gasteiger partial charge in [0.05, 0.1) is 6.61 Å². The summed E-state index contributed by atoms with van der Waals surface area (Å²) in [6.45, 7) is 8.05. The quantitative estimate of drug-likeness (QED) is 0.620. The highest BCUT2D eigenvalue weighted by Crippen LogP contribution is 1.89. The van der Waals surface area contributed by atoms with Crippen LogP contribution in [0.1, 0.15) is 27.7 Å². The Labute approximate surface area is 68.1 Å². The van der Waals surface area contributed by atoms with E-state index in [-0.39, 0.29) is 12.0 Å². The highest BCUT2D eigenvalue weighted by atomic mass is 16.5. The molecule has 0 aromatic carbocycles. The summed E-state index contributed by atoms with van der Waals surface area (Å²) in [4.78, 5) is 11.0. The van der Waals surface area contributed by atoms with Gasteiger partial charge in [0, 0.05) is 6.04 Å². The van der Waals surface area contributed by atoms with Crippen LogP contribution in [0.3, 0.4) is 0 Å². The van der Waals surface area contributed by atoms with E-state index in [1.165, 1.54) is 0 Å². The molecule has 0 radical (unpaired) electrons. The highest BCUT2D eigenvalue weighted by molar-refractivity contribution is 5.75. The van der Waals surface area contributed by atoms with Crippen molar-refractivity contribution in [3.8, 4) is 0 Å². The van der Waals surface area contributed by atoms with Crippen LogP contribution in [-0.2, 0) is 9.53 Å². The zero-order valence-corrected chi connectivity index (χ0v) is 7.68. The molecule has 0 aliphatic carbocycles. The van der Waals surface area contributed by atoms with Crippen LogP contribution in [0.5, 0.6) is 0 Å². The van der Waals surface area contributed by atoms with Crippen molar-refractivity contribution in [2.45, 2.75) is 39.8 Å². The molecule has 0 bridgehead atoms. The molecule has 0 saturated carbocycles. The van der Waals surface area contributed by atoms with Crippen molar-refractivity contribution in [2.24, 2.45) is 0 Å². The van der Waals surface area contributed by atoms with Crippen molar-refractivity contribution < 1.29 is 9.53 Å². The first-order valence-corrected chi connectivity index (χ1v) is 4.00. The van der Waals surface area contributed by atoms with E-state index in [0.717, 1.165) is 0 Å². The molecule has 0 aromatic heterocycles. The van der Waals surface area contributed by atoms with Crippen molar-refractivity contribution in [3.63, 3.8) is 0 Å². The van der Waals surface area contributed by atoms with Gasteiger partial charge < -0.3 is 10.1 Å². The molecule has 0 saturated heterocycles. The third-order valence-electron chi connectivity index (χ3n) is 1.22. The van der Waals surface area contributed by atoms with Crippen LogP contribution in [0.2, 0.25) is 0 Å². The summed E-state index contributed by atoms with van der Waals surface area (Å²) in [6.07, 6.45) is 0. The molecule has 0 fully saturated rings. The molecular formula is C8H17NO2. The van der Waals surface area contributed by atoms with Gasteiger partial charge in [0.1, 0.15) is 6.04 Å². The molecule has 0 unspecified atom stereocenters. The number of carbonyl (C=O) groups excluding carboxylic acids is 1. The normalized spacial score (nSPS) is 13.2. The van der Waals surface area contributed by atoms with Crippen LogP contribution in [-0.4, -0.2) is 24.7 Å². The van der Waals surface area contributed by atoms with Crippen LogP contribution in [0.4, 0.5) is 0 Å². The molecule has 0 aliphatic heterocycles. The molecule has 1 N–H and O–H groups in total. The SMILES string of the molecule is CCOC(=O)[C@H](C)NC(C)C. The number of hydrogen-bond donors (Lipinski definition) is 1. The van der Waals surface area contributed by atoms with Gasteiger partial charge in [-0.1, -0.05) is 13.8 Å². The maximum absolute atomic E-state index is 11.0. The fraction of sp³-hybridized carbons (Fsp3) is 0.875. The van der Waals surface area contributed by atoms with E-state index in [0.29, 0.717) is 12.6 Å². The monoisotopic (exact) mass is 159 g/mol. The van der Waals surface area contributed by atoms with Gasteiger partial charge in [-0.2, -0.15) is 0 Å². The topological polar surface area (TPSA) is 38.3 Å². The van der Waals surface area contributed by atoms with Crippen molar-refractivity contribution in [2.75, 3.05) is 6.61 Å². The molecule has 3 nitrogen and oxygen atoms in total. The van der Waals surface area contributed by atoms with Gasteiger partial charge in [-0.05, 0) is 13.8 Å². The Morgan fingerprint density at radius 1 is 1.45 bits per heavy atom. The molecule has 0 aromatic rings. The highest BCUT2D eigenvalue weighted by Gasteiger charge is 2.13. The lowest BCUT2D eigenvalue weighted by atomic mass is 10.3. The Bertz CT molecular complexity index is 123. The first-order valence-electron chi connectivity index (χ1n) is 4.00. The van der Waals surface area contributed by atoms with Crippen LogP contribution >= 0.6 is 0 Å². The number of carbonyl (C=O) groups is 1. The summed E-state index contributed by atoms with van der Waals surface area (Å²) in [7, 11) is 0. The zero-order chi connectivity index (χ0) is 8.85. The lowest BCUT2D eigenvalue weighted by Gasteiger charge is -2.14. The van der Waals surface area contributed by atoms with Gasteiger partial charge in [-0.15, -0.1) is 0 Å². The lowest BCUT2D eigenvalue weighted by Crippen LogP contribution is -2.39. The minimum atomic E-state index is -0.199. The van der Waals surface area contributed by atoms with Crippen molar-refractivity contribution in [1.82, 2.24) is 5.32 Å². The standard InChI is InChI=1S/C8H17NO2/c1-5-11-8(10)7(4)9-6(2)3/h6-7,9H,5H2,1-4H3/t7-/m0/s1. The van der Waals surface area contributed by atoms with Crippen molar-refractivity contribution in [1.29, 1.82) is 0 Å². The Kier molecular flexibility index (Phi) is 4.86. The lowest BCUT2D eigenvalue weighted by molar-refractivity contribution is -0.145. The number of ether oxygens (including phenoxy) is 1. The molecule has 66 valence electrons. The summed E-state index contributed by atoms with van der Waals surface area (Å²) < 4.78 is 4.80. The summed E-state index contributed by atoms with van der Waals surface area (Å²) >= 11 is 0. The molecule has 0 rings (SSSR count). The minimum Gasteiger partial charge on any atom is -0.465 e. The van der Waals surface area contributed by atoms with Crippen LogP contribution in [0.15, 0.2) is 0 Å². The molecule has 0 heterocycles. The van der Waals surface area contributed by atoms with E-state index in [1.807, 2.05) is 13.8 Å². The van der Waals surface area contributed by atoms with E-state index in [1.54, 1.807) is 13.8 Å². The second-order valence-electron chi connectivity index (χ2n) is 2.80. The third-order valence-corrected chi connectivity index (χ3v) is 1.22. The molecule has 3 heteroatoms. The van der Waals surface area contributed by atoms with E-state index in [2.05, 4.69) is 5.32 Å². The Hall–Kier alpha value is -0.570. The molecule has 11 heavy (non-hydrogen) atoms. The Morgan fingerprint density at radius 2 is 2.00 bits per heavy atom. The fourth-order valence-corrected chi connectivity index (χ4v) is 0.835. The van der Waals surface area contributed by atoms with E-state index in [4.69, 9.17) is 4.74 Å². The molecule has 0 spiro atoms. The summed E-state index contributed by atoms with van der Waals surface area (Å²) in [6, 6.07) is 0.115. The van der Waals surface area contributed by atoms with Crippen LogP contribution in [0.25, 0.3) is 0 Å². The van der Waals surface area contributed by atoms with E-state index < -0.39 is 0 Å². The summed E-state index contributed by atoms with van der Waals surface area (Å²) in [5.41, 5.74) is 0. The van der Waals surface area contributed by atoms with Gasteiger partial charge in [0.15, 0.2) is 0 Å². The molecular weight excluding hydrogens is 142 g/mol. The van der Waals surface area contributed by atoms with Gasteiger partial charge in [-0.3, -0.25) is 4.79 Å². The number of esters is 1. The zero-order valence-electron chi connectivity index (χ0n) is 7.68. The number of hydrogen-bond acceptors (Lipinski definition) is 3. The summed E-state index contributed by atoms with van der Waals surface area (Å²) in [5.74, 6) is -0.179. The maximum Gasteiger partial charge on any atom is 0.322 e. The average molecular weight is 159 g/mol. The van der Waals surface area contributed by atoms with Crippen molar-refractivity contribution >= 4 is 5.97 Å². The first-order chi connectivity index (χ1) is 5.07. The van der Waals surface area contributed by atoms with Gasteiger partial charge >= 0.3 is 5.97 Å². The minimum absolute atomic E-state index is 0.179. The number of rotatable bonds is 4. The maximum atomic E-state index is 11.0. The third kappa shape index (κ3) is 4.79. The smallest absolute Gasteiger partial charge is 0.322 e. The molecule has 0 aliphatic rings. The average Bonchev–Trinajstić information content (AvgIpc) is 1.86. The number of nitrogens with one attached hydrogen (secondary N) is 1. The second-order valence-corrected chi connectivity index (χ2v) is 2.80. The van der Waals surface area contributed by atoms with Crippen molar-refractivity contribution in [3.05, 3.63) is 0 Å². The van der Waals surface area contributed by atoms with Gasteiger partial charge in [0.2, 0.25) is 0 Å². The Morgan fingerprint density at radius 3 is 2.36 bits per heavy atom. The van der Waals surface area contributed by atoms with Crippen LogP contribution < -0.4 is 5.32 Å². The first kappa shape index (κ1) is 10.4. The predicted octanol–water partition coefficient (Wildman–Crippen LogP) is 0.936. The summed E-state index contributed by atoms with van der Waals surface area (Å²) in [5, 5.41) is 3.05. The van der Waals surface area contributed by atoms with E-state index >= 15 is 0 Å². The largest absolute Gasteiger partial charge is 0.465 e. The fourth-order valence-electron chi connectivity index (χ4n) is 0.835. The van der Waals surface area contributed by atoms with E-state index in [9.17, 15) is 4.79 Å². The Balaban J connectivity index is 3.64.